The molecule has 0 aliphatic heterocycles. The first-order chi connectivity index (χ1) is 11.1. The van der Waals surface area contributed by atoms with Gasteiger partial charge in [-0.2, -0.15) is 0 Å². The van der Waals surface area contributed by atoms with Gasteiger partial charge in [0.1, 0.15) is 0 Å². The van der Waals surface area contributed by atoms with Crippen LogP contribution in [0.3, 0.4) is 0 Å². The number of benzene rings is 3. The zero-order valence-corrected chi connectivity index (χ0v) is 26.6. The number of rotatable bonds is 0. The Kier molecular flexibility index (Phi) is 7.24. The maximum absolute atomic E-state index is 3.75. The Morgan fingerprint density at radius 3 is 0.625 bits per heavy atom. The van der Waals surface area contributed by atoms with Crippen LogP contribution in [0.15, 0.2) is 44.7 Å². The van der Waals surface area contributed by atoms with Gasteiger partial charge in [-0.15, -0.1) is 0 Å². The van der Waals surface area contributed by atoms with E-state index in [1.54, 1.807) is 0 Å². The van der Waals surface area contributed by atoms with E-state index in [1.165, 1.54) is 0 Å². The Bertz CT molecular complexity index is 969. The fraction of sp³-hybridized carbons (Fsp3) is 0. The third-order valence-electron chi connectivity index (χ3n) is 3.42. The van der Waals surface area contributed by atoms with Crippen LogP contribution < -0.4 is 0 Å². The quantitative estimate of drug-likeness (QED) is 0.120. The van der Waals surface area contributed by atoms with E-state index in [1.807, 2.05) is 0 Å². The summed E-state index contributed by atoms with van der Waals surface area (Å²) in [5, 5.41) is 4.25. The molecular formula is C14Br10. The second kappa shape index (κ2) is 8.01. The SMILES string of the molecule is Brc1c(Br)c(Br)c2c(c1Br)c(Br)c(Br)c1c(Br)c(Br)c(Br)c(Br)c12. The molecule has 0 aliphatic rings. The van der Waals surface area contributed by atoms with Crippen molar-refractivity contribution in [3.8, 4) is 0 Å². The van der Waals surface area contributed by atoms with Crippen LogP contribution in [-0.4, -0.2) is 0 Å². The topological polar surface area (TPSA) is 0 Å². The maximum Gasteiger partial charge on any atom is 0.0477 e. The normalized spacial score (nSPS) is 11.8. The molecule has 0 aromatic heterocycles. The van der Waals surface area contributed by atoms with Gasteiger partial charge < -0.3 is 0 Å². The van der Waals surface area contributed by atoms with Crippen LogP contribution in [0, 0.1) is 0 Å². The molecule has 0 unspecified atom stereocenters. The molecule has 0 fully saturated rings. The highest BCUT2D eigenvalue weighted by molar-refractivity contribution is 9.16. The second-order valence-corrected chi connectivity index (χ2v) is 12.6. The van der Waals surface area contributed by atoms with Gasteiger partial charge in [0, 0.05) is 66.3 Å². The van der Waals surface area contributed by atoms with Crippen molar-refractivity contribution in [3.63, 3.8) is 0 Å². The van der Waals surface area contributed by atoms with Crippen LogP contribution in [0.5, 0.6) is 0 Å². The third kappa shape index (κ3) is 3.20. The Morgan fingerprint density at radius 1 is 0.208 bits per heavy atom. The van der Waals surface area contributed by atoms with Crippen LogP contribution in [-0.2, 0) is 0 Å². The molecule has 0 bridgehead atoms. The summed E-state index contributed by atoms with van der Waals surface area (Å²) in [6.45, 7) is 0. The van der Waals surface area contributed by atoms with E-state index in [0.717, 1.165) is 66.3 Å². The standard InChI is InChI=1S/C14Br10/c15-5-1-2-4(10(20)14(24)12(22)6(2)16)8(18)7(17)3(1)9(19)13(23)11(5)21. The monoisotopic (exact) mass is 957 g/mol. The molecule has 10 heteroatoms. The molecule has 0 amide bonds. The molecule has 0 aliphatic carbocycles. The third-order valence-corrected chi connectivity index (χ3v) is 15.1. The van der Waals surface area contributed by atoms with E-state index in [0.29, 0.717) is 0 Å². The van der Waals surface area contributed by atoms with Gasteiger partial charge in [-0.1, -0.05) is 0 Å². The predicted molar refractivity (Wildman–Crippen MR) is 138 cm³/mol. The van der Waals surface area contributed by atoms with E-state index in [9.17, 15) is 0 Å². The number of hydrogen-bond donors (Lipinski definition) is 0. The summed E-state index contributed by atoms with van der Waals surface area (Å²) in [6, 6.07) is 0. The molecule has 3 aromatic carbocycles. The van der Waals surface area contributed by atoms with Crippen molar-refractivity contribution < 1.29 is 0 Å². The summed E-state index contributed by atoms with van der Waals surface area (Å²) >= 11 is 37.0. The zero-order valence-electron chi connectivity index (χ0n) is 10.8. The van der Waals surface area contributed by atoms with E-state index < -0.39 is 0 Å². The average Bonchev–Trinajstić information content (AvgIpc) is 2.56. The number of hydrogen-bond acceptors (Lipinski definition) is 0. The maximum atomic E-state index is 3.75. The van der Waals surface area contributed by atoms with Crippen LogP contribution in [0.25, 0.3) is 21.5 Å². The fourth-order valence-corrected chi connectivity index (χ4v) is 9.12. The molecule has 24 heavy (non-hydrogen) atoms. The Morgan fingerprint density at radius 2 is 0.375 bits per heavy atom. The average molecular weight is 967 g/mol. The lowest BCUT2D eigenvalue weighted by Gasteiger charge is -2.19. The molecule has 0 radical (unpaired) electrons. The first-order valence-electron chi connectivity index (χ1n) is 5.89. The summed E-state index contributed by atoms with van der Waals surface area (Å²) in [5.74, 6) is 0. The van der Waals surface area contributed by atoms with Gasteiger partial charge in [0.25, 0.3) is 0 Å². The first-order valence-corrected chi connectivity index (χ1v) is 13.8. The van der Waals surface area contributed by atoms with E-state index in [-0.39, 0.29) is 0 Å². The molecule has 3 aromatic rings. The lowest BCUT2D eigenvalue weighted by Crippen LogP contribution is -1.92. The van der Waals surface area contributed by atoms with Crippen molar-refractivity contribution in [3.05, 3.63) is 44.7 Å². The molecule has 0 saturated carbocycles. The molecule has 0 N–H and O–H groups in total. The molecule has 0 saturated heterocycles. The highest BCUT2D eigenvalue weighted by atomic mass is 79.9. The summed E-state index contributed by atoms with van der Waals surface area (Å²) in [6.07, 6.45) is 0. The Labute approximate surface area is 221 Å². The fourth-order valence-electron chi connectivity index (χ4n) is 2.36. The van der Waals surface area contributed by atoms with Gasteiger partial charge >= 0.3 is 0 Å². The predicted octanol–water partition coefficient (Wildman–Crippen LogP) is 11.6. The molecule has 0 spiro atoms. The Balaban J connectivity index is 2.87. The summed E-state index contributed by atoms with van der Waals surface area (Å²) in [7, 11) is 0. The smallest absolute Gasteiger partial charge is 0.0477 e. The summed E-state index contributed by atoms with van der Waals surface area (Å²) < 4.78 is 9.56. The van der Waals surface area contributed by atoms with Gasteiger partial charge in [-0.25, -0.2) is 0 Å². The molecule has 0 atom stereocenters. The van der Waals surface area contributed by atoms with Crippen LogP contribution in [0.4, 0.5) is 0 Å². The minimum Gasteiger partial charge on any atom is -0.0489 e. The van der Waals surface area contributed by atoms with Gasteiger partial charge in [0.15, 0.2) is 0 Å². The summed E-state index contributed by atoms with van der Waals surface area (Å²) in [4.78, 5) is 0. The highest BCUT2D eigenvalue weighted by Gasteiger charge is 2.25. The molecule has 3 rings (SSSR count). The van der Waals surface area contributed by atoms with Gasteiger partial charge in [-0.3, -0.25) is 0 Å². The first kappa shape index (κ1) is 21.7. The number of halogens is 10. The lowest BCUT2D eigenvalue weighted by atomic mass is 10.0. The van der Waals surface area contributed by atoms with E-state index in [2.05, 4.69) is 159 Å². The van der Waals surface area contributed by atoms with Crippen molar-refractivity contribution >= 4 is 181 Å². The Hall–Kier alpha value is 2.98. The second-order valence-electron chi connectivity index (χ2n) is 4.64. The minimum absolute atomic E-state index is 0.944. The van der Waals surface area contributed by atoms with Crippen LogP contribution >= 0.6 is 159 Å². The van der Waals surface area contributed by atoms with Crippen molar-refractivity contribution in [2.45, 2.75) is 0 Å². The summed E-state index contributed by atoms with van der Waals surface area (Å²) in [5.41, 5.74) is 0. The zero-order chi connectivity index (χ0) is 18.1. The van der Waals surface area contributed by atoms with Gasteiger partial charge in [-0.05, 0) is 159 Å². The molecule has 0 heterocycles. The van der Waals surface area contributed by atoms with Crippen LogP contribution in [0.1, 0.15) is 0 Å². The van der Waals surface area contributed by atoms with Crippen molar-refractivity contribution in [2.75, 3.05) is 0 Å². The van der Waals surface area contributed by atoms with Crippen molar-refractivity contribution in [1.29, 1.82) is 0 Å². The van der Waals surface area contributed by atoms with Crippen molar-refractivity contribution in [1.82, 2.24) is 0 Å². The molecular weight excluding hydrogens is 967 g/mol. The van der Waals surface area contributed by atoms with Crippen molar-refractivity contribution in [2.24, 2.45) is 0 Å². The van der Waals surface area contributed by atoms with Crippen LogP contribution in [0.2, 0.25) is 0 Å². The lowest BCUT2D eigenvalue weighted by molar-refractivity contribution is 1.52. The van der Waals surface area contributed by atoms with Gasteiger partial charge in [0.05, 0.1) is 0 Å². The van der Waals surface area contributed by atoms with E-state index in [4.69, 9.17) is 0 Å². The number of fused-ring (bicyclic) bond motifs is 3. The molecule has 126 valence electrons. The largest absolute Gasteiger partial charge is 0.0489 e. The highest BCUT2D eigenvalue weighted by Crippen LogP contribution is 2.55. The minimum atomic E-state index is 0.944. The van der Waals surface area contributed by atoms with E-state index >= 15 is 0 Å². The molecule has 0 nitrogen and oxygen atoms in total. The van der Waals surface area contributed by atoms with Gasteiger partial charge in [0.2, 0.25) is 0 Å².